The van der Waals surface area contributed by atoms with Crippen LogP contribution in [0.2, 0.25) is 0 Å². The van der Waals surface area contributed by atoms with Crippen LogP contribution < -0.4 is 15.5 Å². The van der Waals surface area contributed by atoms with E-state index in [0.29, 0.717) is 27.8 Å². The number of nitrogens with one attached hydrogen (secondary N) is 2. The predicted octanol–water partition coefficient (Wildman–Crippen LogP) is 7.06. The average molecular weight is 712 g/mol. The van der Waals surface area contributed by atoms with Crippen molar-refractivity contribution in [3.8, 4) is 22.3 Å². The molecule has 0 spiro atoms. The van der Waals surface area contributed by atoms with E-state index in [0.717, 1.165) is 92.0 Å². The highest BCUT2D eigenvalue weighted by Gasteiger charge is 2.26. The van der Waals surface area contributed by atoms with Crippen molar-refractivity contribution in [1.29, 1.82) is 0 Å². The van der Waals surface area contributed by atoms with E-state index in [1.54, 1.807) is 43.7 Å². The Morgan fingerprint density at radius 3 is 1.83 bits per heavy atom. The predicted molar refractivity (Wildman–Crippen MR) is 206 cm³/mol. The van der Waals surface area contributed by atoms with Gasteiger partial charge in [-0.1, -0.05) is 24.3 Å². The zero-order valence-electron chi connectivity index (χ0n) is 30.6. The minimum Gasteiger partial charge on any atom is -0.356 e. The molecule has 0 saturated carbocycles. The Labute approximate surface area is 310 Å². The zero-order chi connectivity index (χ0) is 36.9. The number of carbonyl (C=O) groups excluding carboxylic acids is 2. The summed E-state index contributed by atoms with van der Waals surface area (Å²) in [6.45, 7) is 10.1. The monoisotopic (exact) mass is 711 g/mol. The van der Waals surface area contributed by atoms with Gasteiger partial charge in [0.15, 0.2) is 0 Å². The lowest BCUT2D eigenvalue weighted by Gasteiger charge is -2.34. The number of hydrogen-bond donors (Lipinski definition) is 2. The van der Waals surface area contributed by atoms with Gasteiger partial charge < -0.3 is 15.5 Å². The smallest absolute Gasteiger partial charge is 0.251 e. The molecule has 5 aromatic rings. The van der Waals surface area contributed by atoms with E-state index in [1.807, 2.05) is 43.6 Å². The Morgan fingerprint density at radius 1 is 0.698 bits per heavy atom. The number of carbonyl (C=O) groups is 2. The Hall–Kier alpha value is -5.48. The second-order valence-electron chi connectivity index (χ2n) is 14.3. The molecule has 2 aliphatic rings. The van der Waals surface area contributed by atoms with Crippen LogP contribution in [0, 0.1) is 26.6 Å². The van der Waals surface area contributed by atoms with Crippen molar-refractivity contribution in [3.63, 3.8) is 0 Å². The standard InChI is InChI=1S/C43H46FN7O2/c1-28-8-10-36(29(2)40(28)32-6-4-18-45-25-32)42(52)49-35-16-22-51(23-17-35)39-13-9-31(24-47-39)27-50-20-14-34(15-21-50)48-43(53)37-11-12-38(44)41(30(37)3)33-7-5-19-46-26-33/h4-13,18-19,24-26,34-35H,14-17,20-23,27H2,1-3H3,(H,48,53)(H,49,52). The van der Waals surface area contributed by atoms with E-state index in [1.165, 1.54) is 6.07 Å². The van der Waals surface area contributed by atoms with Crippen LogP contribution in [-0.2, 0) is 6.54 Å². The van der Waals surface area contributed by atoms with Gasteiger partial charge in [0.05, 0.1) is 0 Å². The number of piperidine rings is 2. The van der Waals surface area contributed by atoms with Crippen LogP contribution in [0.4, 0.5) is 10.2 Å². The van der Waals surface area contributed by atoms with E-state index in [9.17, 15) is 14.0 Å². The molecule has 2 aliphatic heterocycles. The third-order valence-corrected chi connectivity index (χ3v) is 10.8. The van der Waals surface area contributed by atoms with Crippen LogP contribution in [0.5, 0.6) is 0 Å². The van der Waals surface area contributed by atoms with E-state index in [-0.39, 0.29) is 29.7 Å². The summed E-state index contributed by atoms with van der Waals surface area (Å²) in [5.41, 5.74) is 8.22. The molecule has 272 valence electrons. The summed E-state index contributed by atoms with van der Waals surface area (Å²) in [4.78, 5) is 44.5. The maximum absolute atomic E-state index is 14.8. The molecule has 7 rings (SSSR count). The highest BCUT2D eigenvalue weighted by molar-refractivity contribution is 5.98. The molecular weight excluding hydrogens is 666 g/mol. The third kappa shape index (κ3) is 8.13. The van der Waals surface area contributed by atoms with Crippen LogP contribution in [0.3, 0.4) is 0 Å². The lowest BCUT2D eigenvalue weighted by molar-refractivity contribution is 0.0905. The highest BCUT2D eigenvalue weighted by atomic mass is 19.1. The minimum atomic E-state index is -0.362. The molecule has 0 bridgehead atoms. The van der Waals surface area contributed by atoms with Gasteiger partial charge in [0, 0.05) is 104 Å². The van der Waals surface area contributed by atoms with Gasteiger partial charge >= 0.3 is 0 Å². The number of rotatable bonds is 9. The largest absolute Gasteiger partial charge is 0.356 e. The highest BCUT2D eigenvalue weighted by Crippen LogP contribution is 2.30. The fourth-order valence-corrected chi connectivity index (χ4v) is 7.81. The van der Waals surface area contributed by atoms with Crippen LogP contribution in [-0.4, -0.2) is 69.9 Å². The molecule has 0 aliphatic carbocycles. The van der Waals surface area contributed by atoms with E-state index >= 15 is 0 Å². The number of aromatic nitrogens is 3. The van der Waals surface area contributed by atoms with Crippen molar-refractivity contribution >= 4 is 17.6 Å². The van der Waals surface area contributed by atoms with Gasteiger partial charge in [0.2, 0.25) is 0 Å². The number of benzene rings is 2. The number of aryl methyl sites for hydroxylation is 1. The molecule has 9 nitrogen and oxygen atoms in total. The second-order valence-corrected chi connectivity index (χ2v) is 14.3. The quantitative estimate of drug-likeness (QED) is 0.169. The molecule has 2 aromatic carbocycles. The van der Waals surface area contributed by atoms with Crippen LogP contribution in [0.1, 0.15) is 68.7 Å². The molecular formula is C43H46FN7O2. The Morgan fingerprint density at radius 2 is 1.26 bits per heavy atom. The molecule has 2 amide bonds. The first kappa shape index (κ1) is 35.9. The summed E-state index contributed by atoms with van der Waals surface area (Å²) in [5, 5.41) is 6.48. The molecule has 10 heteroatoms. The van der Waals surface area contributed by atoms with E-state index < -0.39 is 0 Å². The van der Waals surface area contributed by atoms with Crippen molar-refractivity contribution in [2.24, 2.45) is 0 Å². The first-order valence-corrected chi connectivity index (χ1v) is 18.5. The number of halogens is 1. The molecule has 53 heavy (non-hydrogen) atoms. The fraction of sp³-hybridized carbons (Fsp3) is 0.326. The first-order chi connectivity index (χ1) is 25.7. The lowest BCUT2D eigenvalue weighted by Crippen LogP contribution is -2.45. The normalized spacial score (nSPS) is 15.7. The SMILES string of the molecule is Cc1ccc(C(=O)NC2CCN(c3ccc(CN4CCC(NC(=O)c5ccc(F)c(-c6cccnc6)c5C)CC4)cn3)CC2)c(C)c1-c1cccnc1. The number of hydrogen-bond acceptors (Lipinski definition) is 7. The summed E-state index contributed by atoms with van der Waals surface area (Å²) in [6.07, 6.45) is 12.2. The topological polar surface area (TPSA) is 103 Å². The fourth-order valence-electron chi connectivity index (χ4n) is 7.81. The molecule has 2 N–H and O–H groups in total. The summed E-state index contributed by atoms with van der Waals surface area (Å²) in [7, 11) is 0. The Balaban J connectivity index is 0.870. The minimum absolute atomic E-state index is 0.0293. The van der Waals surface area contributed by atoms with Gasteiger partial charge in [-0.25, -0.2) is 9.37 Å². The molecule has 2 saturated heterocycles. The second kappa shape index (κ2) is 16.0. The number of anilines is 1. The van der Waals surface area contributed by atoms with Crippen molar-refractivity contribution in [3.05, 3.63) is 131 Å². The van der Waals surface area contributed by atoms with Crippen LogP contribution in [0.25, 0.3) is 22.3 Å². The van der Waals surface area contributed by atoms with Crippen molar-refractivity contribution in [1.82, 2.24) is 30.5 Å². The van der Waals surface area contributed by atoms with Crippen molar-refractivity contribution < 1.29 is 14.0 Å². The maximum atomic E-state index is 14.8. The number of likely N-dealkylation sites (tertiary alicyclic amines) is 1. The lowest BCUT2D eigenvalue weighted by atomic mass is 9.92. The van der Waals surface area contributed by atoms with Crippen molar-refractivity contribution in [2.45, 2.75) is 65.1 Å². The van der Waals surface area contributed by atoms with Crippen LogP contribution >= 0.6 is 0 Å². The summed E-state index contributed by atoms with van der Waals surface area (Å²) < 4.78 is 14.8. The molecule has 5 heterocycles. The summed E-state index contributed by atoms with van der Waals surface area (Å²) in [6, 6.07) is 18.8. The Kier molecular flexibility index (Phi) is 10.9. The third-order valence-electron chi connectivity index (χ3n) is 10.8. The first-order valence-electron chi connectivity index (χ1n) is 18.5. The summed E-state index contributed by atoms with van der Waals surface area (Å²) in [5.74, 6) is 0.393. The number of amides is 2. The molecule has 2 fully saturated rings. The van der Waals surface area contributed by atoms with Gasteiger partial charge in [-0.2, -0.15) is 0 Å². The van der Waals surface area contributed by atoms with Gasteiger partial charge in [-0.15, -0.1) is 0 Å². The van der Waals surface area contributed by atoms with E-state index in [2.05, 4.69) is 49.5 Å². The number of pyridine rings is 3. The van der Waals surface area contributed by atoms with Gasteiger partial charge in [-0.3, -0.25) is 24.5 Å². The van der Waals surface area contributed by atoms with Crippen molar-refractivity contribution in [2.75, 3.05) is 31.1 Å². The summed E-state index contributed by atoms with van der Waals surface area (Å²) >= 11 is 0. The molecule has 0 atom stereocenters. The van der Waals surface area contributed by atoms with E-state index in [4.69, 9.17) is 4.98 Å². The number of nitrogens with zero attached hydrogens (tertiary/aromatic N) is 5. The van der Waals surface area contributed by atoms with Gasteiger partial charge in [-0.05, 0) is 111 Å². The van der Waals surface area contributed by atoms with Crippen LogP contribution in [0.15, 0.2) is 91.6 Å². The van der Waals surface area contributed by atoms with Gasteiger partial charge in [0.1, 0.15) is 11.6 Å². The maximum Gasteiger partial charge on any atom is 0.251 e. The van der Waals surface area contributed by atoms with Gasteiger partial charge in [0.25, 0.3) is 11.8 Å². The Bertz CT molecular complexity index is 2060. The zero-order valence-corrected chi connectivity index (χ0v) is 30.6. The molecule has 3 aromatic heterocycles. The molecule has 0 radical (unpaired) electrons. The molecule has 0 unspecified atom stereocenters. The average Bonchev–Trinajstić information content (AvgIpc) is 3.17.